The summed E-state index contributed by atoms with van der Waals surface area (Å²) in [6.07, 6.45) is 29.5. The molecule has 0 aliphatic heterocycles. The van der Waals surface area contributed by atoms with Gasteiger partial charge in [-0.1, -0.05) is 108 Å². The summed E-state index contributed by atoms with van der Waals surface area (Å²) in [4.78, 5) is 11.2. The predicted octanol–water partition coefficient (Wildman–Crippen LogP) is 7.40. The van der Waals surface area contributed by atoms with Crippen LogP contribution in [0.5, 0.6) is 0 Å². The predicted molar refractivity (Wildman–Crippen MR) is 116 cm³/mol. The number of allylic oxidation sites excluding steroid dienone is 5. The summed E-state index contributed by atoms with van der Waals surface area (Å²) in [7, 11) is 0. The van der Waals surface area contributed by atoms with Gasteiger partial charge in [0.2, 0.25) is 5.91 Å². The molecule has 0 aromatic rings. The van der Waals surface area contributed by atoms with Gasteiger partial charge < -0.3 is 5.32 Å². The Morgan fingerprint density at radius 3 is 1.81 bits per heavy atom. The lowest BCUT2D eigenvalue weighted by molar-refractivity contribution is -0.116. The first-order valence-electron chi connectivity index (χ1n) is 10.6. The molecule has 0 aliphatic carbocycles. The lowest BCUT2D eigenvalue weighted by atomic mass is 10.0. The van der Waals surface area contributed by atoms with Crippen molar-refractivity contribution in [1.29, 1.82) is 0 Å². The number of nitrogens with one attached hydrogen (secondary N) is 1. The Kier molecular flexibility index (Phi) is 18.6. The standard InChI is InChI=1S/C24H41NO/c1-4-5-6-7-8-9-10-11-12-13-14-15-16-17-18-19-20-21-22-25-24(26)23(2)3/h17-22H,2,4-16H2,1,3H3,(H,25,26). The van der Waals surface area contributed by atoms with Gasteiger partial charge in [-0.05, 0) is 25.8 Å². The van der Waals surface area contributed by atoms with E-state index in [0.717, 1.165) is 6.42 Å². The zero-order chi connectivity index (χ0) is 19.3. The van der Waals surface area contributed by atoms with Gasteiger partial charge >= 0.3 is 0 Å². The zero-order valence-electron chi connectivity index (χ0n) is 17.3. The average molecular weight is 360 g/mol. The molecule has 0 fully saturated rings. The number of carbonyl (C=O) groups excluding carboxylic acids is 1. The second kappa shape index (κ2) is 19.8. The van der Waals surface area contributed by atoms with Crippen LogP contribution in [0.25, 0.3) is 0 Å². The maximum atomic E-state index is 11.2. The summed E-state index contributed by atoms with van der Waals surface area (Å²) in [5, 5.41) is 2.64. The van der Waals surface area contributed by atoms with E-state index in [1.54, 1.807) is 13.1 Å². The van der Waals surface area contributed by atoms with Crippen LogP contribution in [0.15, 0.2) is 48.7 Å². The number of rotatable bonds is 17. The van der Waals surface area contributed by atoms with E-state index in [-0.39, 0.29) is 5.91 Å². The summed E-state index contributed by atoms with van der Waals surface area (Å²) in [5.74, 6) is -0.142. The van der Waals surface area contributed by atoms with Crippen LogP contribution in [-0.2, 0) is 4.79 Å². The van der Waals surface area contributed by atoms with Crippen LogP contribution in [0, 0.1) is 0 Å². The fraction of sp³-hybridized carbons (Fsp3) is 0.625. The third-order valence-electron chi connectivity index (χ3n) is 4.39. The molecule has 0 unspecified atom stereocenters. The van der Waals surface area contributed by atoms with Crippen LogP contribution in [0.2, 0.25) is 0 Å². The second-order valence-corrected chi connectivity index (χ2v) is 7.10. The summed E-state index contributed by atoms with van der Waals surface area (Å²) >= 11 is 0. The van der Waals surface area contributed by atoms with Crippen molar-refractivity contribution in [3.05, 3.63) is 48.7 Å². The Bertz CT molecular complexity index is 431. The highest BCUT2D eigenvalue weighted by Crippen LogP contribution is 2.12. The Balaban J connectivity index is 3.33. The van der Waals surface area contributed by atoms with E-state index in [2.05, 4.69) is 31.0 Å². The summed E-state index contributed by atoms with van der Waals surface area (Å²) < 4.78 is 0. The van der Waals surface area contributed by atoms with E-state index < -0.39 is 0 Å². The quantitative estimate of drug-likeness (QED) is 0.164. The Morgan fingerprint density at radius 1 is 0.769 bits per heavy atom. The summed E-state index contributed by atoms with van der Waals surface area (Å²) in [5.41, 5.74) is 0.515. The summed E-state index contributed by atoms with van der Waals surface area (Å²) in [6.45, 7) is 7.55. The molecular formula is C24H41NO. The van der Waals surface area contributed by atoms with Gasteiger partial charge in [0.25, 0.3) is 0 Å². The largest absolute Gasteiger partial charge is 0.329 e. The van der Waals surface area contributed by atoms with E-state index in [1.165, 1.54) is 77.0 Å². The van der Waals surface area contributed by atoms with Gasteiger partial charge in [-0.15, -0.1) is 0 Å². The van der Waals surface area contributed by atoms with E-state index >= 15 is 0 Å². The smallest absolute Gasteiger partial charge is 0.250 e. The highest BCUT2D eigenvalue weighted by Gasteiger charge is 1.95. The van der Waals surface area contributed by atoms with Crippen molar-refractivity contribution in [3.63, 3.8) is 0 Å². The molecule has 0 saturated carbocycles. The molecule has 2 heteroatoms. The van der Waals surface area contributed by atoms with Gasteiger partial charge in [0.1, 0.15) is 0 Å². The third kappa shape index (κ3) is 18.8. The molecule has 0 radical (unpaired) electrons. The van der Waals surface area contributed by atoms with Gasteiger partial charge in [-0.3, -0.25) is 4.79 Å². The monoisotopic (exact) mass is 359 g/mol. The lowest BCUT2D eigenvalue weighted by Crippen LogP contribution is -2.16. The van der Waals surface area contributed by atoms with E-state index in [4.69, 9.17) is 0 Å². The zero-order valence-corrected chi connectivity index (χ0v) is 17.3. The van der Waals surface area contributed by atoms with Crippen molar-refractivity contribution in [2.45, 2.75) is 97.3 Å². The number of hydrogen-bond donors (Lipinski definition) is 1. The van der Waals surface area contributed by atoms with Crippen LogP contribution in [0.1, 0.15) is 97.3 Å². The van der Waals surface area contributed by atoms with Gasteiger partial charge in [0.15, 0.2) is 0 Å². The van der Waals surface area contributed by atoms with E-state index in [9.17, 15) is 4.79 Å². The highest BCUT2D eigenvalue weighted by molar-refractivity contribution is 5.92. The minimum absolute atomic E-state index is 0.142. The van der Waals surface area contributed by atoms with Gasteiger partial charge in [-0.2, -0.15) is 0 Å². The molecular weight excluding hydrogens is 318 g/mol. The fourth-order valence-electron chi connectivity index (χ4n) is 2.71. The van der Waals surface area contributed by atoms with Crippen LogP contribution >= 0.6 is 0 Å². The van der Waals surface area contributed by atoms with Crippen molar-refractivity contribution >= 4 is 5.91 Å². The molecule has 0 spiro atoms. The molecule has 0 aromatic heterocycles. The molecule has 0 heterocycles. The maximum Gasteiger partial charge on any atom is 0.250 e. The molecule has 0 aliphatic rings. The Morgan fingerprint density at radius 2 is 1.27 bits per heavy atom. The molecule has 2 nitrogen and oxygen atoms in total. The molecule has 0 saturated heterocycles. The normalized spacial score (nSPS) is 11.8. The molecule has 0 bridgehead atoms. The molecule has 0 aromatic carbocycles. The minimum Gasteiger partial charge on any atom is -0.329 e. The first-order chi connectivity index (χ1) is 12.7. The Labute approximate surface area is 162 Å². The second-order valence-electron chi connectivity index (χ2n) is 7.10. The minimum atomic E-state index is -0.142. The van der Waals surface area contributed by atoms with Crippen LogP contribution in [0.3, 0.4) is 0 Å². The number of amides is 1. The van der Waals surface area contributed by atoms with Crippen molar-refractivity contribution < 1.29 is 4.79 Å². The first-order valence-corrected chi connectivity index (χ1v) is 10.6. The SMILES string of the molecule is C=C(C)C(=O)NC=CC=CC=CCCCCCCCCCCCCCC. The van der Waals surface area contributed by atoms with Crippen molar-refractivity contribution in [2.24, 2.45) is 0 Å². The van der Waals surface area contributed by atoms with Gasteiger partial charge in [-0.25, -0.2) is 0 Å². The summed E-state index contributed by atoms with van der Waals surface area (Å²) in [6, 6.07) is 0. The molecule has 1 N–H and O–H groups in total. The van der Waals surface area contributed by atoms with E-state index in [0.29, 0.717) is 5.57 Å². The maximum absolute atomic E-state index is 11.2. The first kappa shape index (κ1) is 24.4. The topological polar surface area (TPSA) is 29.1 Å². The molecule has 0 atom stereocenters. The van der Waals surface area contributed by atoms with Crippen molar-refractivity contribution in [3.8, 4) is 0 Å². The number of carbonyl (C=O) groups is 1. The molecule has 26 heavy (non-hydrogen) atoms. The van der Waals surface area contributed by atoms with Gasteiger partial charge in [0.05, 0.1) is 0 Å². The molecule has 148 valence electrons. The fourth-order valence-corrected chi connectivity index (χ4v) is 2.71. The van der Waals surface area contributed by atoms with Gasteiger partial charge in [0, 0.05) is 11.8 Å². The Hall–Kier alpha value is -1.57. The van der Waals surface area contributed by atoms with Crippen LogP contribution in [0.4, 0.5) is 0 Å². The highest BCUT2D eigenvalue weighted by atomic mass is 16.1. The van der Waals surface area contributed by atoms with Crippen LogP contribution < -0.4 is 5.32 Å². The third-order valence-corrected chi connectivity index (χ3v) is 4.39. The molecule has 0 rings (SSSR count). The van der Waals surface area contributed by atoms with Crippen molar-refractivity contribution in [2.75, 3.05) is 0 Å². The average Bonchev–Trinajstić information content (AvgIpc) is 2.63. The molecule has 1 amide bonds. The van der Waals surface area contributed by atoms with Crippen LogP contribution in [-0.4, -0.2) is 5.91 Å². The lowest BCUT2D eigenvalue weighted by Gasteiger charge is -2.02. The van der Waals surface area contributed by atoms with E-state index in [1.807, 2.05) is 18.2 Å². The van der Waals surface area contributed by atoms with Crippen molar-refractivity contribution in [1.82, 2.24) is 5.32 Å². The number of hydrogen-bond acceptors (Lipinski definition) is 1. The number of unbranched alkanes of at least 4 members (excludes halogenated alkanes) is 12.